The van der Waals surface area contributed by atoms with Gasteiger partial charge in [0.25, 0.3) is 5.91 Å². The van der Waals surface area contributed by atoms with Crippen molar-refractivity contribution in [3.8, 4) is 0 Å². The van der Waals surface area contributed by atoms with Crippen LogP contribution in [0.25, 0.3) is 0 Å². The number of carbonyl (C=O) groups excluding carboxylic acids is 1. The maximum absolute atomic E-state index is 12.2. The Morgan fingerprint density at radius 2 is 2.05 bits per heavy atom. The molecule has 1 N–H and O–H groups in total. The van der Waals surface area contributed by atoms with Crippen molar-refractivity contribution in [2.45, 2.75) is 32.6 Å². The molecule has 104 valence electrons. The highest BCUT2D eigenvalue weighted by atomic mass is 79.9. The van der Waals surface area contributed by atoms with Gasteiger partial charge in [0.2, 0.25) is 0 Å². The number of nitrogens with one attached hydrogen (secondary N) is 1. The van der Waals surface area contributed by atoms with Gasteiger partial charge in [-0.05, 0) is 48.9 Å². The van der Waals surface area contributed by atoms with Gasteiger partial charge in [0.15, 0.2) is 0 Å². The summed E-state index contributed by atoms with van der Waals surface area (Å²) in [6, 6.07) is 5.45. The fourth-order valence-corrected chi connectivity index (χ4v) is 3.77. The smallest absolute Gasteiger partial charge is 0.251 e. The highest BCUT2D eigenvalue weighted by molar-refractivity contribution is 9.09. The summed E-state index contributed by atoms with van der Waals surface area (Å²) in [6.07, 6.45) is 4.90. The highest BCUT2D eigenvalue weighted by Gasteiger charge is 2.33. The number of carbonyl (C=O) groups is 1. The second-order valence-corrected chi connectivity index (χ2v) is 6.54. The van der Waals surface area contributed by atoms with Gasteiger partial charge < -0.3 is 5.32 Å². The van der Waals surface area contributed by atoms with Gasteiger partial charge in [0.1, 0.15) is 0 Å². The molecular formula is C15H19BrClNO. The van der Waals surface area contributed by atoms with Gasteiger partial charge in [-0.15, -0.1) is 0 Å². The monoisotopic (exact) mass is 343 g/mol. The van der Waals surface area contributed by atoms with E-state index in [0.717, 1.165) is 17.4 Å². The first kappa shape index (κ1) is 14.9. The molecule has 4 heteroatoms. The van der Waals surface area contributed by atoms with E-state index in [1.807, 2.05) is 19.1 Å². The van der Waals surface area contributed by atoms with E-state index < -0.39 is 0 Å². The lowest BCUT2D eigenvalue weighted by molar-refractivity contribution is 0.0935. The molecule has 0 bridgehead atoms. The Kier molecular flexibility index (Phi) is 4.91. The predicted molar refractivity (Wildman–Crippen MR) is 83.2 cm³/mol. The first-order valence-electron chi connectivity index (χ1n) is 6.66. The Morgan fingerprint density at radius 1 is 1.37 bits per heavy atom. The molecule has 0 aromatic heterocycles. The van der Waals surface area contributed by atoms with Crippen molar-refractivity contribution >= 4 is 33.4 Å². The van der Waals surface area contributed by atoms with Crippen molar-refractivity contribution in [1.82, 2.24) is 5.32 Å². The van der Waals surface area contributed by atoms with Gasteiger partial charge in [-0.2, -0.15) is 0 Å². The molecule has 0 radical (unpaired) electrons. The number of halogens is 2. The molecule has 0 saturated heterocycles. The Hall–Kier alpha value is -0.540. The molecule has 0 heterocycles. The fraction of sp³-hybridized carbons (Fsp3) is 0.533. The van der Waals surface area contributed by atoms with Crippen LogP contribution in [-0.2, 0) is 0 Å². The zero-order chi connectivity index (χ0) is 13.9. The summed E-state index contributed by atoms with van der Waals surface area (Å²) < 4.78 is 0. The molecule has 1 saturated carbocycles. The number of hydrogen-bond acceptors (Lipinski definition) is 1. The van der Waals surface area contributed by atoms with Crippen LogP contribution in [0.4, 0.5) is 0 Å². The molecule has 1 aromatic rings. The van der Waals surface area contributed by atoms with E-state index in [2.05, 4.69) is 21.2 Å². The largest absolute Gasteiger partial charge is 0.351 e. The fourth-order valence-electron chi connectivity index (χ4n) is 2.72. The maximum atomic E-state index is 12.2. The molecule has 19 heavy (non-hydrogen) atoms. The van der Waals surface area contributed by atoms with Gasteiger partial charge in [0, 0.05) is 22.5 Å². The molecule has 1 aliphatic carbocycles. The number of amides is 1. The third-order valence-corrected chi connectivity index (χ3v) is 5.28. The van der Waals surface area contributed by atoms with Crippen molar-refractivity contribution in [3.05, 3.63) is 34.3 Å². The lowest BCUT2D eigenvalue weighted by Crippen LogP contribution is -2.37. The van der Waals surface area contributed by atoms with E-state index in [-0.39, 0.29) is 11.3 Å². The lowest BCUT2D eigenvalue weighted by Gasteiger charge is -2.26. The maximum Gasteiger partial charge on any atom is 0.251 e. The standard InChI is InChI=1S/C15H19BrClNO/c1-11-6-12(8-13(17)7-11)14(19)18-10-15(9-16)4-2-3-5-15/h6-8H,2-5,9-10H2,1H3,(H,18,19). The number of alkyl halides is 1. The van der Waals surface area contributed by atoms with Crippen LogP contribution >= 0.6 is 27.5 Å². The van der Waals surface area contributed by atoms with Gasteiger partial charge >= 0.3 is 0 Å². The number of hydrogen-bond donors (Lipinski definition) is 1. The molecule has 2 rings (SSSR count). The summed E-state index contributed by atoms with van der Waals surface area (Å²) >= 11 is 9.58. The Balaban J connectivity index is 2.01. The molecule has 0 aliphatic heterocycles. The normalized spacial score (nSPS) is 17.4. The topological polar surface area (TPSA) is 29.1 Å². The van der Waals surface area contributed by atoms with Crippen molar-refractivity contribution in [2.24, 2.45) is 5.41 Å². The third kappa shape index (κ3) is 3.73. The predicted octanol–water partition coefficient (Wildman–Crippen LogP) is 4.33. The van der Waals surface area contributed by atoms with Crippen LogP contribution in [0.1, 0.15) is 41.6 Å². The van der Waals surface area contributed by atoms with Crippen LogP contribution in [0.5, 0.6) is 0 Å². The van der Waals surface area contributed by atoms with E-state index in [1.165, 1.54) is 25.7 Å². The summed E-state index contributed by atoms with van der Waals surface area (Å²) in [5.74, 6) is -0.0298. The zero-order valence-corrected chi connectivity index (χ0v) is 13.5. The minimum Gasteiger partial charge on any atom is -0.351 e. The lowest BCUT2D eigenvalue weighted by atomic mass is 9.89. The van der Waals surface area contributed by atoms with Crippen molar-refractivity contribution in [1.29, 1.82) is 0 Å². The zero-order valence-electron chi connectivity index (χ0n) is 11.1. The molecule has 0 unspecified atom stereocenters. The van der Waals surface area contributed by atoms with E-state index in [0.29, 0.717) is 10.6 Å². The van der Waals surface area contributed by atoms with Gasteiger partial charge in [-0.1, -0.05) is 40.4 Å². The number of benzene rings is 1. The summed E-state index contributed by atoms with van der Waals surface area (Å²) in [5, 5.41) is 4.62. The Labute approximate surface area is 128 Å². The van der Waals surface area contributed by atoms with Crippen molar-refractivity contribution < 1.29 is 4.79 Å². The molecular weight excluding hydrogens is 326 g/mol. The van der Waals surface area contributed by atoms with E-state index in [1.54, 1.807) is 6.07 Å². The minimum absolute atomic E-state index is 0.0298. The molecule has 2 nitrogen and oxygen atoms in total. The molecule has 1 aromatic carbocycles. The van der Waals surface area contributed by atoms with Gasteiger partial charge in [-0.25, -0.2) is 0 Å². The van der Waals surface area contributed by atoms with Crippen LogP contribution in [0.15, 0.2) is 18.2 Å². The van der Waals surface area contributed by atoms with E-state index in [9.17, 15) is 4.79 Å². The van der Waals surface area contributed by atoms with E-state index >= 15 is 0 Å². The van der Waals surface area contributed by atoms with Crippen LogP contribution in [0, 0.1) is 12.3 Å². The average molecular weight is 345 g/mol. The molecule has 1 fully saturated rings. The quantitative estimate of drug-likeness (QED) is 0.809. The third-order valence-electron chi connectivity index (χ3n) is 3.88. The second-order valence-electron chi connectivity index (χ2n) is 5.54. The highest BCUT2D eigenvalue weighted by Crippen LogP contribution is 2.39. The van der Waals surface area contributed by atoms with Crippen LogP contribution in [0.3, 0.4) is 0 Å². The Bertz CT molecular complexity index is 449. The number of aryl methyl sites for hydroxylation is 1. The van der Waals surface area contributed by atoms with Crippen molar-refractivity contribution in [2.75, 3.05) is 11.9 Å². The molecule has 1 aliphatic rings. The average Bonchev–Trinajstić information content (AvgIpc) is 2.84. The first-order chi connectivity index (χ1) is 9.04. The Morgan fingerprint density at radius 3 is 2.63 bits per heavy atom. The molecule has 0 atom stereocenters. The van der Waals surface area contributed by atoms with Crippen LogP contribution < -0.4 is 5.32 Å². The summed E-state index contributed by atoms with van der Waals surface area (Å²) in [7, 11) is 0. The second kappa shape index (κ2) is 6.27. The minimum atomic E-state index is -0.0298. The van der Waals surface area contributed by atoms with Gasteiger partial charge in [-0.3, -0.25) is 4.79 Å². The first-order valence-corrected chi connectivity index (χ1v) is 8.16. The van der Waals surface area contributed by atoms with E-state index in [4.69, 9.17) is 11.6 Å². The molecule has 1 amide bonds. The summed E-state index contributed by atoms with van der Waals surface area (Å²) in [5.41, 5.74) is 1.89. The van der Waals surface area contributed by atoms with Crippen molar-refractivity contribution in [3.63, 3.8) is 0 Å². The van der Waals surface area contributed by atoms with Crippen LogP contribution in [0.2, 0.25) is 5.02 Å². The van der Waals surface area contributed by atoms with Crippen LogP contribution in [-0.4, -0.2) is 17.8 Å². The molecule has 0 spiro atoms. The number of rotatable bonds is 4. The van der Waals surface area contributed by atoms with Gasteiger partial charge in [0.05, 0.1) is 0 Å². The SMILES string of the molecule is Cc1cc(Cl)cc(C(=O)NCC2(CBr)CCCC2)c1. The summed E-state index contributed by atoms with van der Waals surface area (Å²) in [6.45, 7) is 2.68. The summed E-state index contributed by atoms with van der Waals surface area (Å²) in [4.78, 5) is 12.2.